The van der Waals surface area contributed by atoms with Gasteiger partial charge in [0.25, 0.3) is 0 Å². The lowest BCUT2D eigenvalue weighted by Gasteiger charge is -2.08. The number of thiazole rings is 1. The van der Waals surface area contributed by atoms with Crippen LogP contribution in [-0.2, 0) is 0 Å². The third kappa shape index (κ3) is 3.48. The van der Waals surface area contributed by atoms with Crippen LogP contribution < -0.4 is 0 Å². The van der Waals surface area contributed by atoms with Crippen molar-refractivity contribution in [1.29, 1.82) is 0 Å². The van der Waals surface area contributed by atoms with E-state index in [1.54, 1.807) is 11.3 Å². The van der Waals surface area contributed by atoms with Crippen LogP contribution >= 0.6 is 23.6 Å². The van der Waals surface area contributed by atoms with E-state index in [1.807, 2.05) is 84.9 Å². The predicted octanol–water partition coefficient (Wildman–Crippen LogP) is 7.62. The van der Waals surface area contributed by atoms with Crippen molar-refractivity contribution in [2.45, 2.75) is 0 Å². The molecule has 0 bridgehead atoms. The maximum atomic E-state index is 5.89. The van der Waals surface area contributed by atoms with E-state index in [1.165, 1.54) is 0 Å². The van der Waals surface area contributed by atoms with Crippen molar-refractivity contribution in [1.82, 2.24) is 24.3 Å². The zero-order chi connectivity index (χ0) is 24.1. The highest BCUT2D eigenvalue weighted by molar-refractivity contribution is 7.71. The molecule has 0 spiro atoms. The molecule has 36 heavy (non-hydrogen) atoms. The van der Waals surface area contributed by atoms with Gasteiger partial charge in [0, 0.05) is 22.1 Å². The number of para-hydroxylation sites is 1. The second kappa shape index (κ2) is 8.41. The summed E-state index contributed by atoms with van der Waals surface area (Å²) in [5.74, 6) is 1.89. The van der Waals surface area contributed by atoms with E-state index in [-0.39, 0.29) is 0 Å². The molecule has 7 aromatic rings. The molecule has 7 rings (SSSR count). The smallest absolute Gasteiger partial charge is 0.196 e. The Morgan fingerprint density at radius 2 is 1.17 bits per heavy atom. The molecular formula is C29H17N5S2. The lowest BCUT2D eigenvalue weighted by molar-refractivity contribution is 1.07. The summed E-state index contributed by atoms with van der Waals surface area (Å²) in [6.45, 7) is 0. The van der Waals surface area contributed by atoms with Crippen LogP contribution in [0.25, 0.3) is 60.2 Å². The highest BCUT2D eigenvalue weighted by Crippen LogP contribution is 2.32. The van der Waals surface area contributed by atoms with Crippen molar-refractivity contribution in [3.8, 4) is 34.2 Å². The van der Waals surface area contributed by atoms with E-state index in [0.29, 0.717) is 17.5 Å². The van der Waals surface area contributed by atoms with Gasteiger partial charge < -0.3 is 0 Å². The molecule has 0 amide bonds. The molecule has 0 saturated carbocycles. The minimum absolute atomic E-state index is 0.615. The minimum Gasteiger partial charge on any atom is -0.275 e. The van der Waals surface area contributed by atoms with Crippen molar-refractivity contribution in [3.05, 3.63) is 108 Å². The first-order valence-corrected chi connectivity index (χ1v) is 12.7. The number of nitrogens with zero attached hydrogens (tertiary/aromatic N) is 5. The molecule has 5 nitrogen and oxygen atoms in total. The number of hydrogen-bond acceptors (Lipinski definition) is 6. The molecule has 0 aliphatic rings. The van der Waals surface area contributed by atoms with Gasteiger partial charge in [0.1, 0.15) is 4.64 Å². The summed E-state index contributed by atoms with van der Waals surface area (Å²) in [5, 5.41) is 0.966. The van der Waals surface area contributed by atoms with Crippen LogP contribution in [0.15, 0.2) is 103 Å². The van der Waals surface area contributed by atoms with Crippen LogP contribution in [-0.4, -0.2) is 24.3 Å². The van der Waals surface area contributed by atoms with Gasteiger partial charge in [-0.1, -0.05) is 96.4 Å². The number of fused-ring (bicyclic) bond motifs is 4. The quantitative estimate of drug-likeness (QED) is 0.234. The Morgan fingerprint density at radius 1 is 0.583 bits per heavy atom. The van der Waals surface area contributed by atoms with Crippen molar-refractivity contribution in [3.63, 3.8) is 0 Å². The molecule has 3 heterocycles. The Bertz CT molecular complexity index is 1900. The van der Waals surface area contributed by atoms with Gasteiger partial charge in [-0.2, -0.15) is 0 Å². The summed E-state index contributed by atoms with van der Waals surface area (Å²) in [6.07, 6.45) is 0. The monoisotopic (exact) mass is 499 g/mol. The largest absolute Gasteiger partial charge is 0.275 e. The topological polar surface area (TPSA) is 56.0 Å². The SMILES string of the molecule is S=c1c2ccccc2nc2sc3ccc(-c4nc(-c5ccccc5)nc(-c5ccccc5)n4)cc3n12. The van der Waals surface area contributed by atoms with E-state index in [4.69, 9.17) is 32.2 Å². The van der Waals surface area contributed by atoms with Gasteiger partial charge in [-0.15, -0.1) is 0 Å². The average molecular weight is 500 g/mol. The van der Waals surface area contributed by atoms with E-state index in [0.717, 1.165) is 47.4 Å². The molecular weight excluding hydrogens is 482 g/mol. The molecule has 0 atom stereocenters. The maximum Gasteiger partial charge on any atom is 0.196 e. The molecule has 0 fully saturated rings. The van der Waals surface area contributed by atoms with E-state index >= 15 is 0 Å². The normalized spacial score (nSPS) is 11.4. The average Bonchev–Trinajstić information content (AvgIpc) is 3.31. The van der Waals surface area contributed by atoms with Crippen LogP contribution in [0.1, 0.15) is 0 Å². The Balaban J connectivity index is 1.48. The third-order valence-corrected chi connectivity index (χ3v) is 7.53. The first kappa shape index (κ1) is 21.0. The fraction of sp³-hybridized carbons (Fsp3) is 0. The molecule has 0 unspecified atom stereocenters. The second-order valence-electron chi connectivity index (χ2n) is 8.37. The summed E-state index contributed by atoms with van der Waals surface area (Å²) in [4.78, 5) is 20.3. The lowest BCUT2D eigenvalue weighted by Crippen LogP contribution is -2.00. The summed E-state index contributed by atoms with van der Waals surface area (Å²) in [6, 6.07) is 34.2. The summed E-state index contributed by atoms with van der Waals surface area (Å²) >= 11 is 7.52. The van der Waals surface area contributed by atoms with Gasteiger partial charge in [-0.3, -0.25) is 4.40 Å². The number of benzene rings is 4. The molecule has 4 aromatic carbocycles. The number of hydrogen-bond donors (Lipinski definition) is 0. The van der Waals surface area contributed by atoms with E-state index < -0.39 is 0 Å². The molecule has 0 aliphatic carbocycles. The van der Waals surface area contributed by atoms with Crippen molar-refractivity contribution >= 4 is 49.6 Å². The zero-order valence-corrected chi connectivity index (χ0v) is 20.5. The van der Waals surface area contributed by atoms with Crippen molar-refractivity contribution in [2.24, 2.45) is 0 Å². The Kier molecular flexibility index (Phi) is 4.90. The fourth-order valence-corrected chi connectivity index (χ4v) is 5.77. The number of aromatic nitrogens is 5. The summed E-state index contributed by atoms with van der Waals surface area (Å²) < 4.78 is 3.91. The summed E-state index contributed by atoms with van der Waals surface area (Å²) in [5.41, 5.74) is 4.69. The minimum atomic E-state index is 0.615. The van der Waals surface area contributed by atoms with Gasteiger partial charge in [0.15, 0.2) is 22.4 Å². The highest BCUT2D eigenvalue weighted by Gasteiger charge is 2.15. The molecule has 0 N–H and O–H groups in total. The first-order valence-electron chi connectivity index (χ1n) is 11.5. The van der Waals surface area contributed by atoms with Crippen molar-refractivity contribution < 1.29 is 0 Å². The van der Waals surface area contributed by atoms with E-state index in [2.05, 4.69) is 22.6 Å². The molecule has 3 aromatic heterocycles. The summed E-state index contributed by atoms with van der Waals surface area (Å²) in [7, 11) is 0. The van der Waals surface area contributed by atoms with Crippen LogP contribution in [0.4, 0.5) is 0 Å². The van der Waals surface area contributed by atoms with Gasteiger partial charge in [-0.05, 0) is 30.3 Å². The fourth-order valence-electron chi connectivity index (χ4n) is 4.35. The number of rotatable bonds is 3. The van der Waals surface area contributed by atoms with Gasteiger partial charge in [-0.25, -0.2) is 19.9 Å². The Morgan fingerprint density at radius 3 is 1.83 bits per heavy atom. The van der Waals surface area contributed by atoms with Crippen LogP contribution in [0.5, 0.6) is 0 Å². The van der Waals surface area contributed by atoms with Gasteiger partial charge in [0.05, 0.1) is 15.7 Å². The standard InChI is InChI=1S/C29H17N5S2/c35-28-21-13-7-8-14-22(21)30-29-34(28)23-17-20(15-16-24(23)36-29)27-32-25(18-9-3-1-4-10-18)31-26(33-27)19-11-5-2-6-12-19/h1-17H. The predicted molar refractivity (Wildman–Crippen MR) is 149 cm³/mol. The van der Waals surface area contributed by atoms with Crippen LogP contribution in [0, 0.1) is 4.64 Å². The molecule has 0 aliphatic heterocycles. The maximum absolute atomic E-state index is 5.89. The Labute approximate surface area is 215 Å². The van der Waals surface area contributed by atoms with Gasteiger partial charge >= 0.3 is 0 Å². The van der Waals surface area contributed by atoms with Crippen molar-refractivity contribution in [2.75, 3.05) is 0 Å². The first-order chi connectivity index (χ1) is 17.7. The molecule has 170 valence electrons. The molecule has 0 saturated heterocycles. The van der Waals surface area contributed by atoms with Gasteiger partial charge in [0.2, 0.25) is 0 Å². The van der Waals surface area contributed by atoms with Crippen LogP contribution in [0.2, 0.25) is 0 Å². The van der Waals surface area contributed by atoms with E-state index in [9.17, 15) is 0 Å². The molecule has 7 heteroatoms. The van der Waals surface area contributed by atoms with Crippen LogP contribution in [0.3, 0.4) is 0 Å². The molecule has 0 radical (unpaired) electrons. The Hall–Kier alpha value is -4.33. The zero-order valence-electron chi connectivity index (χ0n) is 18.9. The third-order valence-electron chi connectivity index (χ3n) is 6.10. The second-order valence-corrected chi connectivity index (χ2v) is 9.77. The highest BCUT2D eigenvalue weighted by atomic mass is 32.1. The lowest BCUT2D eigenvalue weighted by atomic mass is 10.1.